The third kappa shape index (κ3) is 7.31. The third-order valence-electron chi connectivity index (χ3n) is 1.65. The fourth-order valence-electron chi connectivity index (χ4n) is 0.953. The summed E-state index contributed by atoms with van der Waals surface area (Å²) in [6.07, 6.45) is 3.97. The van der Waals surface area contributed by atoms with Crippen molar-refractivity contribution in [2.24, 2.45) is 0 Å². The van der Waals surface area contributed by atoms with Crippen molar-refractivity contribution in [2.75, 3.05) is 0 Å². The molecule has 0 fully saturated rings. The summed E-state index contributed by atoms with van der Waals surface area (Å²) in [7, 11) is 0. The van der Waals surface area contributed by atoms with Crippen molar-refractivity contribution in [3.8, 4) is 0 Å². The molecule has 3 nitrogen and oxygen atoms in total. The highest BCUT2D eigenvalue weighted by molar-refractivity contribution is 9.21. The Labute approximate surface area is 96.5 Å². The van der Waals surface area contributed by atoms with E-state index in [0.717, 1.165) is 15.8 Å². The van der Waals surface area contributed by atoms with Gasteiger partial charge in [-0.1, -0.05) is 19.8 Å². The lowest BCUT2D eigenvalue weighted by atomic mass is 10.1. The molecule has 0 radical (unpaired) electrons. The van der Waals surface area contributed by atoms with Crippen LogP contribution in [0.4, 0.5) is 4.79 Å². The number of rotatable bonds is 5. The topological polar surface area (TPSA) is 29.5 Å². The fraction of sp³-hybridized carbons (Fsp3) is 0.875. The Morgan fingerprint density at radius 3 is 2.54 bits per heavy atom. The van der Waals surface area contributed by atoms with Crippen LogP contribution >= 0.6 is 32.3 Å². The molecule has 0 spiro atoms. The minimum atomic E-state index is -0.413. The molecule has 0 heterocycles. The van der Waals surface area contributed by atoms with Gasteiger partial charge in [0.25, 0.3) is 0 Å². The van der Waals surface area contributed by atoms with Gasteiger partial charge in [0.15, 0.2) is 0 Å². The SMILES string of the molecule is CCCCCC(C)OC(=O)N(Br)Br. The molecule has 0 N–H and O–H groups in total. The molecule has 78 valence electrons. The van der Waals surface area contributed by atoms with Gasteiger partial charge < -0.3 is 4.74 Å². The number of carbonyl (C=O) groups excluding carboxylic acids is 1. The van der Waals surface area contributed by atoms with Crippen molar-refractivity contribution in [3.05, 3.63) is 0 Å². The van der Waals surface area contributed by atoms with E-state index in [0.29, 0.717) is 0 Å². The van der Waals surface area contributed by atoms with Gasteiger partial charge in [-0.15, -0.1) is 0 Å². The van der Waals surface area contributed by atoms with E-state index in [4.69, 9.17) is 4.74 Å². The highest BCUT2D eigenvalue weighted by Crippen LogP contribution is 2.12. The summed E-state index contributed by atoms with van der Waals surface area (Å²) >= 11 is 5.85. The van der Waals surface area contributed by atoms with E-state index < -0.39 is 6.09 Å². The first-order valence-corrected chi connectivity index (χ1v) is 5.82. The Hall–Kier alpha value is 0.230. The Balaban J connectivity index is 3.50. The lowest BCUT2D eigenvalue weighted by Gasteiger charge is -2.13. The molecule has 0 bridgehead atoms. The molecule has 0 aromatic carbocycles. The molecule has 5 heteroatoms. The molecule has 0 aromatic heterocycles. The summed E-state index contributed by atoms with van der Waals surface area (Å²) in [6.45, 7) is 4.05. The van der Waals surface area contributed by atoms with Gasteiger partial charge in [-0.3, -0.25) is 0 Å². The quantitative estimate of drug-likeness (QED) is 0.566. The van der Waals surface area contributed by atoms with Crippen LogP contribution in [0.25, 0.3) is 0 Å². The molecule has 13 heavy (non-hydrogen) atoms. The molecule has 0 saturated carbocycles. The molecule has 0 aliphatic heterocycles. The van der Waals surface area contributed by atoms with Crippen LogP contribution in [0.1, 0.15) is 39.5 Å². The minimum absolute atomic E-state index is 0.0170. The van der Waals surface area contributed by atoms with Crippen molar-refractivity contribution < 1.29 is 9.53 Å². The Morgan fingerprint density at radius 2 is 2.08 bits per heavy atom. The van der Waals surface area contributed by atoms with E-state index in [-0.39, 0.29) is 6.10 Å². The largest absolute Gasteiger partial charge is 0.445 e. The second kappa shape index (κ2) is 7.62. The van der Waals surface area contributed by atoms with Gasteiger partial charge >= 0.3 is 6.09 Å². The number of hydrogen-bond donors (Lipinski definition) is 0. The minimum Gasteiger partial charge on any atom is -0.445 e. The zero-order chi connectivity index (χ0) is 10.3. The van der Waals surface area contributed by atoms with E-state index >= 15 is 0 Å². The maximum atomic E-state index is 11.0. The van der Waals surface area contributed by atoms with E-state index in [1.165, 1.54) is 12.8 Å². The van der Waals surface area contributed by atoms with Gasteiger partial charge in [-0.2, -0.15) is 2.95 Å². The predicted molar refractivity (Wildman–Crippen MR) is 59.8 cm³/mol. The molecule has 0 rings (SSSR count). The molecule has 0 aromatic rings. The highest BCUT2D eigenvalue weighted by Gasteiger charge is 2.12. The number of nitrogens with zero attached hydrogens (tertiary/aromatic N) is 1. The van der Waals surface area contributed by atoms with Gasteiger partial charge in [0.2, 0.25) is 0 Å². The van der Waals surface area contributed by atoms with Crippen LogP contribution in [0.2, 0.25) is 0 Å². The number of unbranched alkanes of at least 4 members (excludes halogenated alkanes) is 2. The zero-order valence-corrected chi connectivity index (χ0v) is 11.1. The maximum Gasteiger partial charge on any atom is 0.430 e. The number of carbonyl (C=O) groups is 1. The summed E-state index contributed by atoms with van der Waals surface area (Å²) in [5, 5.41) is 0. The van der Waals surface area contributed by atoms with Crippen LogP contribution in [0.3, 0.4) is 0 Å². The molecule has 1 atom stereocenters. The Kier molecular flexibility index (Phi) is 7.75. The smallest absolute Gasteiger partial charge is 0.430 e. The predicted octanol–water partition coefficient (Wildman–Crippen LogP) is 4.01. The van der Waals surface area contributed by atoms with Gasteiger partial charge in [0.1, 0.15) is 6.10 Å². The van der Waals surface area contributed by atoms with Crippen LogP contribution < -0.4 is 0 Å². The van der Waals surface area contributed by atoms with Crippen LogP contribution in [0, 0.1) is 0 Å². The first-order valence-electron chi connectivity index (χ1n) is 4.40. The van der Waals surface area contributed by atoms with Crippen molar-refractivity contribution >= 4 is 38.4 Å². The van der Waals surface area contributed by atoms with E-state index in [1.807, 2.05) is 6.92 Å². The molecule has 1 amide bonds. The van der Waals surface area contributed by atoms with Crippen molar-refractivity contribution in [1.29, 1.82) is 0 Å². The lowest BCUT2D eigenvalue weighted by Crippen LogP contribution is -2.19. The molecular weight excluding hydrogens is 302 g/mol. The Bertz CT molecular complexity index is 153. The first-order chi connectivity index (χ1) is 6.07. The molecule has 0 saturated heterocycles. The van der Waals surface area contributed by atoms with E-state index in [2.05, 4.69) is 39.2 Å². The van der Waals surface area contributed by atoms with Crippen LogP contribution in [0.15, 0.2) is 0 Å². The zero-order valence-electron chi connectivity index (χ0n) is 7.93. The number of ether oxygens (including phenoxy) is 1. The van der Waals surface area contributed by atoms with Crippen molar-refractivity contribution in [3.63, 3.8) is 0 Å². The van der Waals surface area contributed by atoms with Crippen LogP contribution in [0.5, 0.6) is 0 Å². The first kappa shape index (κ1) is 13.2. The monoisotopic (exact) mass is 315 g/mol. The number of amides is 1. The van der Waals surface area contributed by atoms with Crippen LogP contribution in [-0.4, -0.2) is 15.1 Å². The van der Waals surface area contributed by atoms with E-state index in [1.54, 1.807) is 0 Å². The summed E-state index contributed by atoms with van der Waals surface area (Å²) in [6, 6.07) is 0. The van der Waals surface area contributed by atoms with Gasteiger partial charge in [0, 0.05) is 0 Å². The summed E-state index contributed by atoms with van der Waals surface area (Å²) in [5.41, 5.74) is 0. The molecule has 0 aliphatic carbocycles. The third-order valence-corrected chi connectivity index (χ3v) is 2.23. The normalized spacial score (nSPS) is 12.3. The standard InChI is InChI=1S/C8H15Br2NO2/c1-3-4-5-6-7(2)13-8(12)11(9)10/h7H,3-6H2,1-2H3. The number of hydrogen-bond acceptors (Lipinski definition) is 2. The van der Waals surface area contributed by atoms with Gasteiger partial charge in [-0.05, 0) is 19.8 Å². The van der Waals surface area contributed by atoms with Crippen LogP contribution in [-0.2, 0) is 4.74 Å². The summed E-state index contributed by atoms with van der Waals surface area (Å²) < 4.78 is 6.13. The highest BCUT2D eigenvalue weighted by atomic mass is 79.9. The number of halogens is 2. The van der Waals surface area contributed by atoms with Gasteiger partial charge in [0.05, 0.1) is 32.3 Å². The van der Waals surface area contributed by atoms with Crippen molar-refractivity contribution in [2.45, 2.75) is 45.6 Å². The van der Waals surface area contributed by atoms with Crippen molar-refractivity contribution in [1.82, 2.24) is 2.95 Å². The van der Waals surface area contributed by atoms with E-state index in [9.17, 15) is 4.79 Å². The summed E-state index contributed by atoms with van der Waals surface area (Å²) in [5.74, 6) is 0. The second-order valence-corrected chi connectivity index (χ2v) is 5.29. The molecule has 1 unspecified atom stereocenters. The lowest BCUT2D eigenvalue weighted by molar-refractivity contribution is 0.0985. The molecular formula is C8H15Br2NO2. The Morgan fingerprint density at radius 1 is 1.46 bits per heavy atom. The van der Waals surface area contributed by atoms with Gasteiger partial charge in [-0.25, -0.2) is 4.79 Å². The average molecular weight is 317 g/mol. The summed E-state index contributed by atoms with van der Waals surface area (Å²) in [4.78, 5) is 11.0. The average Bonchev–Trinajstić information content (AvgIpc) is 2.04. The second-order valence-electron chi connectivity index (χ2n) is 2.92. The fourth-order valence-corrected chi connectivity index (χ4v) is 1.12. The maximum absolute atomic E-state index is 11.0. The molecule has 0 aliphatic rings.